The predicted octanol–water partition coefficient (Wildman–Crippen LogP) is 3.80. The van der Waals surface area contributed by atoms with Crippen LogP contribution < -0.4 is 5.73 Å². The molecule has 1 atom stereocenters. The van der Waals surface area contributed by atoms with E-state index in [-0.39, 0.29) is 17.4 Å². The van der Waals surface area contributed by atoms with E-state index >= 15 is 0 Å². The lowest BCUT2D eigenvalue weighted by molar-refractivity contribution is -0.137. The van der Waals surface area contributed by atoms with E-state index in [1.54, 1.807) is 30.4 Å². The Morgan fingerprint density at radius 2 is 2.00 bits per heavy atom. The van der Waals surface area contributed by atoms with Crippen LogP contribution in [-0.2, 0) is 21.5 Å². The van der Waals surface area contributed by atoms with Crippen LogP contribution >= 0.6 is 11.3 Å². The fourth-order valence-electron chi connectivity index (χ4n) is 6.02. The average molecular weight is 437 g/mol. The Bertz CT molecular complexity index is 1100. The van der Waals surface area contributed by atoms with Crippen LogP contribution in [0.1, 0.15) is 60.6 Å². The molecule has 2 aromatic rings. The number of rotatable bonds is 3. The van der Waals surface area contributed by atoms with Crippen LogP contribution in [0, 0.1) is 5.41 Å². The molecule has 31 heavy (non-hydrogen) atoms. The van der Waals surface area contributed by atoms with Crippen molar-refractivity contribution in [2.75, 3.05) is 14.2 Å². The molecule has 2 spiro atoms. The second-order valence-corrected chi connectivity index (χ2v) is 10.7. The maximum absolute atomic E-state index is 13.8. The molecule has 3 aliphatic carbocycles. The quantitative estimate of drug-likeness (QED) is 0.794. The standard InChI is InChI=1S/C24H28N4O2S/c1-28-21(29)24(27-22(28)25)18-11-15(19-13-26-20(31-19)14-3-4-14)5-6-16(18)12-23(24)9-7-17(30-2)8-10-23/h5-6,11,13-14,17H,3-4,7-10,12H2,1-2H3,(H2,25,27). The summed E-state index contributed by atoms with van der Waals surface area (Å²) in [6.07, 6.45) is 9.34. The Kier molecular flexibility index (Phi) is 4.15. The number of hydrogen-bond donors (Lipinski definition) is 1. The van der Waals surface area contributed by atoms with Crippen LogP contribution in [0.5, 0.6) is 0 Å². The fourth-order valence-corrected chi connectivity index (χ4v) is 7.10. The summed E-state index contributed by atoms with van der Waals surface area (Å²) in [5.41, 5.74) is 8.48. The summed E-state index contributed by atoms with van der Waals surface area (Å²) in [7, 11) is 3.53. The molecule has 6 rings (SSSR count). The lowest BCUT2D eigenvalue weighted by atomic mass is 9.61. The van der Waals surface area contributed by atoms with Crippen molar-refractivity contribution in [1.29, 1.82) is 0 Å². The third-order valence-electron chi connectivity index (χ3n) is 7.99. The SMILES string of the molecule is COC1CCC2(CC1)Cc1ccc(-c3cnc(C4CC4)s3)cc1C21N=C(N)N(C)C1=O. The first kappa shape index (κ1) is 19.4. The van der Waals surface area contributed by atoms with Gasteiger partial charge in [0.2, 0.25) is 0 Å². The number of aliphatic imine (C=N–C) groups is 1. The lowest BCUT2D eigenvalue weighted by Gasteiger charge is -2.45. The van der Waals surface area contributed by atoms with Crippen molar-refractivity contribution in [3.05, 3.63) is 40.5 Å². The summed E-state index contributed by atoms with van der Waals surface area (Å²) < 4.78 is 5.63. The van der Waals surface area contributed by atoms with Crippen molar-refractivity contribution in [1.82, 2.24) is 9.88 Å². The normalized spacial score (nSPS) is 32.2. The number of methoxy groups -OCH3 is 1. The second-order valence-electron chi connectivity index (χ2n) is 9.65. The van der Waals surface area contributed by atoms with Crippen molar-refractivity contribution in [3.8, 4) is 10.4 Å². The van der Waals surface area contributed by atoms with E-state index < -0.39 is 5.54 Å². The number of fused-ring (bicyclic) bond motifs is 3. The Balaban J connectivity index is 1.47. The molecule has 1 aromatic carbocycles. The summed E-state index contributed by atoms with van der Waals surface area (Å²) in [6, 6.07) is 6.59. The Morgan fingerprint density at radius 3 is 2.65 bits per heavy atom. The van der Waals surface area contributed by atoms with E-state index in [4.69, 9.17) is 15.5 Å². The van der Waals surface area contributed by atoms with E-state index in [2.05, 4.69) is 23.2 Å². The molecule has 7 heteroatoms. The summed E-state index contributed by atoms with van der Waals surface area (Å²) in [5.74, 6) is 0.984. The van der Waals surface area contributed by atoms with Crippen LogP contribution in [0.15, 0.2) is 29.4 Å². The monoisotopic (exact) mass is 436 g/mol. The molecular weight excluding hydrogens is 408 g/mol. The maximum atomic E-state index is 13.8. The van der Waals surface area contributed by atoms with Gasteiger partial charge in [-0.2, -0.15) is 0 Å². The molecule has 2 saturated carbocycles. The number of nitrogens with two attached hydrogens (primary N) is 1. The number of ether oxygens (including phenoxy) is 1. The number of aromatic nitrogens is 1. The number of hydrogen-bond acceptors (Lipinski definition) is 6. The van der Waals surface area contributed by atoms with Gasteiger partial charge in [-0.1, -0.05) is 12.1 Å². The van der Waals surface area contributed by atoms with Crippen molar-refractivity contribution in [2.24, 2.45) is 16.1 Å². The third kappa shape index (κ3) is 2.62. The van der Waals surface area contributed by atoms with Crippen LogP contribution in [0.3, 0.4) is 0 Å². The molecule has 2 heterocycles. The third-order valence-corrected chi connectivity index (χ3v) is 9.20. The molecule has 2 fully saturated rings. The molecule has 0 radical (unpaired) electrons. The fraction of sp³-hybridized carbons (Fsp3) is 0.542. The molecule has 2 N–H and O–H groups in total. The lowest BCUT2D eigenvalue weighted by Crippen LogP contribution is -2.51. The van der Waals surface area contributed by atoms with Crippen LogP contribution in [0.4, 0.5) is 0 Å². The van der Waals surface area contributed by atoms with Gasteiger partial charge in [0.1, 0.15) is 0 Å². The smallest absolute Gasteiger partial charge is 0.262 e. The summed E-state index contributed by atoms with van der Waals surface area (Å²) >= 11 is 1.78. The zero-order valence-electron chi connectivity index (χ0n) is 18.1. The van der Waals surface area contributed by atoms with Crippen molar-refractivity contribution in [2.45, 2.75) is 62.5 Å². The van der Waals surface area contributed by atoms with Gasteiger partial charge in [0.15, 0.2) is 11.5 Å². The van der Waals surface area contributed by atoms with Gasteiger partial charge in [0.25, 0.3) is 5.91 Å². The minimum absolute atomic E-state index is 0.0136. The number of likely N-dealkylation sites (N-methyl/N-ethyl adjacent to an activating group) is 1. The van der Waals surface area contributed by atoms with Gasteiger partial charge in [0, 0.05) is 31.7 Å². The van der Waals surface area contributed by atoms with Gasteiger partial charge in [-0.15, -0.1) is 11.3 Å². The van der Waals surface area contributed by atoms with Crippen molar-refractivity contribution >= 4 is 23.2 Å². The van der Waals surface area contributed by atoms with Gasteiger partial charge in [-0.05, 0) is 67.7 Å². The summed E-state index contributed by atoms with van der Waals surface area (Å²) in [4.78, 5) is 26.1. The molecule has 1 aliphatic heterocycles. The van der Waals surface area contributed by atoms with Crippen molar-refractivity contribution < 1.29 is 9.53 Å². The second kappa shape index (κ2) is 6.62. The van der Waals surface area contributed by atoms with E-state index in [0.29, 0.717) is 11.9 Å². The number of thiazole rings is 1. The Hall–Kier alpha value is -2.25. The number of amides is 1. The highest BCUT2D eigenvalue weighted by atomic mass is 32.1. The van der Waals surface area contributed by atoms with Crippen LogP contribution in [0.2, 0.25) is 0 Å². The molecular formula is C24H28N4O2S. The number of carbonyl (C=O) groups is 1. The van der Waals surface area contributed by atoms with E-state index in [0.717, 1.165) is 43.2 Å². The molecule has 1 aromatic heterocycles. The average Bonchev–Trinajstić information content (AvgIpc) is 3.40. The molecule has 6 nitrogen and oxygen atoms in total. The summed E-state index contributed by atoms with van der Waals surface area (Å²) in [5, 5.41) is 1.23. The van der Waals surface area contributed by atoms with E-state index in [1.807, 2.05) is 6.20 Å². The zero-order chi connectivity index (χ0) is 21.4. The first-order chi connectivity index (χ1) is 15.0. The highest BCUT2D eigenvalue weighted by Crippen LogP contribution is 2.62. The number of benzene rings is 1. The van der Waals surface area contributed by atoms with E-state index in [9.17, 15) is 4.79 Å². The van der Waals surface area contributed by atoms with E-state index in [1.165, 1.54) is 28.3 Å². The molecule has 0 bridgehead atoms. The molecule has 0 saturated heterocycles. The molecule has 1 amide bonds. The largest absolute Gasteiger partial charge is 0.381 e. The molecule has 4 aliphatic rings. The highest BCUT2D eigenvalue weighted by Gasteiger charge is 2.66. The van der Waals surface area contributed by atoms with Gasteiger partial charge in [-0.3, -0.25) is 9.69 Å². The number of nitrogens with zero attached hydrogens (tertiary/aromatic N) is 3. The van der Waals surface area contributed by atoms with Crippen molar-refractivity contribution in [3.63, 3.8) is 0 Å². The minimum atomic E-state index is -0.917. The van der Waals surface area contributed by atoms with Crippen LogP contribution in [-0.4, -0.2) is 42.0 Å². The van der Waals surface area contributed by atoms with Gasteiger partial charge < -0.3 is 10.5 Å². The zero-order valence-corrected chi connectivity index (χ0v) is 18.9. The Labute approximate surface area is 186 Å². The summed E-state index contributed by atoms with van der Waals surface area (Å²) in [6.45, 7) is 0. The molecule has 1 unspecified atom stereocenters. The minimum Gasteiger partial charge on any atom is -0.381 e. The number of guanidine groups is 1. The highest BCUT2D eigenvalue weighted by molar-refractivity contribution is 7.15. The van der Waals surface area contributed by atoms with Gasteiger partial charge >= 0.3 is 0 Å². The van der Waals surface area contributed by atoms with Crippen LogP contribution in [0.25, 0.3) is 10.4 Å². The number of carbonyl (C=O) groups excluding carboxylic acids is 1. The predicted molar refractivity (Wildman–Crippen MR) is 121 cm³/mol. The maximum Gasteiger partial charge on any atom is 0.262 e. The Morgan fingerprint density at radius 1 is 1.23 bits per heavy atom. The molecule has 162 valence electrons. The first-order valence-electron chi connectivity index (χ1n) is 11.2. The van der Waals surface area contributed by atoms with Gasteiger partial charge in [0.05, 0.1) is 16.0 Å². The first-order valence-corrected chi connectivity index (χ1v) is 12.0. The van der Waals surface area contributed by atoms with Gasteiger partial charge in [-0.25, -0.2) is 9.98 Å². The topological polar surface area (TPSA) is 80.8 Å².